The number of carbonyl (C=O) groups is 2. The van der Waals surface area contributed by atoms with Gasteiger partial charge in [-0.2, -0.15) is 0 Å². The number of thiophene rings is 1. The molecule has 1 aromatic rings. The van der Waals surface area contributed by atoms with Crippen molar-refractivity contribution in [3.05, 3.63) is 34.5 Å². The van der Waals surface area contributed by atoms with Gasteiger partial charge in [0.1, 0.15) is 6.29 Å². The van der Waals surface area contributed by atoms with Crippen LogP contribution in [0.2, 0.25) is 0 Å². The minimum atomic E-state index is -0.422. The summed E-state index contributed by atoms with van der Waals surface area (Å²) >= 11 is 1.44. The zero-order chi connectivity index (χ0) is 19.9. The fourth-order valence-corrected chi connectivity index (χ4v) is 5.00. The van der Waals surface area contributed by atoms with Crippen LogP contribution in [0, 0.1) is 23.2 Å². The van der Waals surface area contributed by atoms with Crippen LogP contribution in [0.25, 0.3) is 12.2 Å². The summed E-state index contributed by atoms with van der Waals surface area (Å²) in [6, 6.07) is 0. The molecule has 3 saturated carbocycles. The molecule has 26 heavy (non-hydrogen) atoms. The van der Waals surface area contributed by atoms with Crippen LogP contribution in [-0.4, -0.2) is 12.2 Å². The van der Waals surface area contributed by atoms with Gasteiger partial charge >= 0.3 is 0 Å². The van der Waals surface area contributed by atoms with Gasteiger partial charge in [-0.1, -0.05) is 53.0 Å². The first-order chi connectivity index (χ1) is 12.3. The van der Waals surface area contributed by atoms with E-state index in [0.717, 1.165) is 40.9 Å². The maximum Gasteiger partial charge on any atom is 0.250 e. The van der Waals surface area contributed by atoms with E-state index < -0.39 is 5.91 Å². The number of rotatable bonds is 5. The molecule has 1 aromatic heterocycles. The lowest BCUT2D eigenvalue weighted by molar-refractivity contribution is -0.115. The van der Waals surface area contributed by atoms with Gasteiger partial charge in [-0.15, -0.1) is 11.3 Å². The van der Waals surface area contributed by atoms with Crippen molar-refractivity contribution in [2.24, 2.45) is 28.9 Å². The van der Waals surface area contributed by atoms with Gasteiger partial charge in [0, 0.05) is 22.2 Å². The van der Waals surface area contributed by atoms with E-state index in [0.29, 0.717) is 11.0 Å². The number of aldehydes is 1. The van der Waals surface area contributed by atoms with Crippen molar-refractivity contribution in [2.45, 2.75) is 53.4 Å². The molecule has 3 aliphatic carbocycles. The minimum absolute atomic E-state index is 0.422. The quantitative estimate of drug-likeness (QED) is 0.660. The first-order valence-electron chi connectivity index (χ1n) is 9.44. The Balaban J connectivity index is 0.000000238. The van der Waals surface area contributed by atoms with Crippen LogP contribution in [0.5, 0.6) is 0 Å². The summed E-state index contributed by atoms with van der Waals surface area (Å²) in [7, 11) is 0. The molecule has 2 bridgehead atoms. The Labute approximate surface area is 162 Å². The number of carbonyl (C=O) groups excluding carboxylic acids is 2. The van der Waals surface area contributed by atoms with Crippen LogP contribution in [0.3, 0.4) is 0 Å². The van der Waals surface area contributed by atoms with Crippen LogP contribution in [0.1, 0.15) is 74.2 Å². The van der Waals surface area contributed by atoms with Crippen molar-refractivity contribution >= 4 is 35.7 Å². The lowest BCUT2D eigenvalue weighted by Crippen LogP contribution is -2.50. The SMILES string of the molecule is C=Cc1scc(C(N)=O)c1C=C.CC.CC1(C)C2CC(CC=O)C[C@H]1C2. The van der Waals surface area contributed by atoms with Crippen LogP contribution < -0.4 is 5.73 Å². The number of hydrogen-bond donors (Lipinski definition) is 1. The van der Waals surface area contributed by atoms with Crippen molar-refractivity contribution in [3.8, 4) is 0 Å². The van der Waals surface area contributed by atoms with Gasteiger partial charge in [0.25, 0.3) is 0 Å². The van der Waals surface area contributed by atoms with E-state index in [1.54, 1.807) is 17.5 Å². The number of primary amides is 1. The zero-order valence-electron chi connectivity index (χ0n) is 16.6. The van der Waals surface area contributed by atoms with E-state index in [4.69, 9.17) is 5.73 Å². The molecule has 3 fully saturated rings. The molecule has 3 aliphatic rings. The third-order valence-corrected chi connectivity index (χ3v) is 6.85. The van der Waals surface area contributed by atoms with Gasteiger partial charge < -0.3 is 10.5 Å². The second-order valence-corrected chi connectivity index (χ2v) is 8.30. The third-order valence-electron chi connectivity index (χ3n) is 5.85. The summed E-state index contributed by atoms with van der Waals surface area (Å²) in [5.41, 5.74) is 7.04. The molecule has 4 heteroatoms. The summed E-state index contributed by atoms with van der Waals surface area (Å²) in [4.78, 5) is 22.1. The second kappa shape index (κ2) is 9.86. The molecule has 0 aliphatic heterocycles. The molecule has 3 nitrogen and oxygen atoms in total. The summed E-state index contributed by atoms with van der Waals surface area (Å²) < 4.78 is 0. The fourth-order valence-electron chi connectivity index (χ4n) is 4.09. The highest BCUT2D eigenvalue weighted by Gasteiger charge is 2.52. The molecule has 2 N–H and O–H groups in total. The molecule has 4 rings (SSSR count). The van der Waals surface area contributed by atoms with Crippen molar-refractivity contribution in [1.82, 2.24) is 0 Å². The molecular weight excluding hydrogens is 342 g/mol. The van der Waals surface area contributed by atoms with Crippen molar-refractivity contribution in [1.29, 1.82) is 0 Å². The van der Waals surface area contributed by atoms with Gasteiger partial charge in [0.05, 0.1) is 5.56 Å². The monoisotopic (exact) mass is 375 g/mol. The molecule has 1 amide bonds. The van der Waals surface area contributed by atoms with E-state index >= 15 is 0 Å². The average molecular weight is 376 g/mol. The summed E-state index contributed by atoms with van der Waals surface area (Å²) in [5.74, 6) is 2.14. The Bertz CT molecular complexity index is 631. The number of fused-ring (bicyclic) bond motifs is 2. The van der Waals surface area contributed by atoms with E-state index in [-0.39, 0.29) is 0 Å². The van der Waals surface area contributed by atoms with Crippen LogP contribution >= 0.6 is 11.3 Å². The van der Waals surface area contributed by atoms with E-state index in [9.17, 15) is 9.59 Å². The van der Waals surface area contributed by atoms with Crippen molar-refractivity contribution in [2.75, 3.05) is 0 Å². The molecule has 3 atom stereocenters. The van der Waals surface area contributed by atoms with E-state index in [1.165, 1.54) is 30.6 Å². The second-order valence-electron chi connectivity index (χ2n) is 7.39. The highest BCUT2D eigenvalue weighted by Crippen LogP contribution is 2.60. The smallest absolute Gasteiger partial charge is 0.250 e. The van der Waals surface area contributed by atoms with Gasteiger partial charge in [-0.3, -0.25) is 4.79 Å². The lowest BCUT2D eigenvalue weighted by atomic mass is 9.46. The fraction of sp³-hybridized carbons (Fsp3) is 0.545. The summed E-state index contributed by atoms with van der Waals surface area (Å²) in [5, 5.41) is 1.72. The molecule has 1 heterocycles. The Kier molecular flexibility index (Phi) is 8.48. The first kappa shape index (κ1) is 22.4. The average Bonchev–Trinajstić information content (AvgIpc) is 3.07. The number of hydrogen-bond acceptors (Lipinski definition) is 3. The predicted molar refractivity (Wildman–Crippen MR) is 113 cm³/mol. The zero-order valence-corrected chi connectivity index (χ0v) is 17.4. The third kappa shape index (κ3) is 4.73. The van der Waals surface area contributed by atoms with Gasteiger partial charge in [-0.05, 0) is 42.4 Å². The Hall–Kier alpha value is -1.68. The Morgan fingerprint density at radius 1 is 1.23 bits per heavy atom. The topological polar surface area (TPSA) is 60.2 Å². The van der Waals surface area contributed by atoms with E-state index in [1.807, 2.05) is 13.8 Å². The Morgan fingerprint density at radius 3 is 2.19 bits per heavy atom. The molecule has 0 saturated heterocycles. The highest BCUT2D eigenvalue weighted by molar-refractivity contribution is 7.11. The van der Waals surface area contributed by atoms with Gasteiger partial charge in [0.2, 0.25) is 5.91 Å². The van der Waals surface area contributed by atoms with Crippen LogP contribution in [-0.2, 0) is 4.79 Å². The van der Waals surface area contributed by atoms with E-state index in [2.05, 4.69) is 27.0 Å². The van der Waals surface area contributed by atoms with Gasteiger partial charge in [0.15, 0.2) is 0 Å². The molecule has 144 valence electrons. The van der Waals surface area contributed by atoms with Crippen molar-refractivity contribution < 1.29 is 9.59 Å². The normalized spacial score (nSPS) is 24.5. The van der Waals surface area contributed by atoms with Crippen LogP contribution in [0.15, 0.2) is 18.5 Å². The number of nitrogens with two attached hydrogens (primary N) is 1. The molecular formula is C22H33NO2S. The number of amides is 1. The largest absolute Gasteiger partial charge is 0.366 e. The highest BCUT2D eigenvalue weighted by atomic mass is 32.1. The Morgan fingerprint density at radius 2 is 1.81 bits per heavy atom. The van der Waals surface area contributed by atoms with Gasteiger partial charge in [-0.25, -0.2) is 0 Å². The summed E-state index contributed by atoms with van der Waals surface area (Å²) in [6.07, 6.45) is 9.26. The van der Waals surface area contributed by atoms with Crippen LogP contribution in [0.4, 0.5) is 0 Å². The predicted octanol–water partition coefficient (Wildman–Crippen LogP) is 5.81. The molecule has 0 radical (unpaired) electrons. The minimum Gasteiger partial charge on any atom is -0.366 e. The molecule has 2 unspecified atom stereocenters. The summed E-state index contributed by atoms with van der Waals surface area (Å²) in [6.45, 7) is 16.0. The van der Waals surface area contributed by atoms with Crippen molar-refractivity contribution in [3.63, 3.8) is 0 Å². The standard InChI is InChI=1S/C11H18O.C9H9NOS.C2H6/c1-11(2)9-5-8(3-4-12)6-10(11)7-9;1-3-6-7(9(10)11)5-12-8(6)4-2;1-2/h4,8-10H,3,5-7H2,1-2H3;3-5H,1-2H2,(H2,10,11);1-2H3/t8?,9-,10?;;/m0../s1. The maximum absolute atomic E-state index is 10.9. The molecule has 0 spiro atoms. The maximum atomic E-state index is 10.9. The first-order valence-corrected chi connectivity index (χ1v) is 10.3. The lowest BCUT2D eigenvalue weighted by Gasteiger charge is -2.58. The molecule has 0 aromatic carbocycles.